The minimum atomic E-state index is 0.125. The summed E-state index contributed by atoms with van der Waals surface area (Å²) >= 11 is 9.16. The molecule has 0 spiro atoms. The SMILES string of the molecule is O=C1C[C@H](c2cccs2)Cc2nc3nc(SCc4ccc(Cl)cc4)nn3cc21. The predicted octanol–water partition coefficient (Wildman–Crippen LogP) is 5.04. The number of aromatic nitrogens is 4. The van der Waals surface area contributed by atoms with Gasteiger partial charge in [0.25, 0.3) is 5.78 Å². The molecule has 0 N–H and O–H groups in total. The molecule has 1 aliphatic rings. The van der Waals surface area contributed by atoms with Crippen molar-refractivity contribution in [1.29, 1.82) is 0 Å². The molecule has 5 nitrogen and oxygen atoms in total. The number of thiophene rings is 1. The summed E-state index contributed by atoms with van der Waals surface area (Å²) < 4.78 is 1.62. The first kappa shape index (κ1) is 17.8. The zero-order valence-corrected chi connectivity index (χ0v) is 17.1. The van der Waals surface area contributed by atoms with Gasteiger partial charge in [-0.3, -0.25) is 4.79 Å². The molecule has 1 aromatic carbocycles. The van der Waals surface area contributed by atoms with Crippen LogP contribution >= 0.6 is 34.7 Å². The van der Waals surface area contributed by atoms with Gasteiger partial charge in [0.2, 0.25) is 5.16 Å². The van der Waals surface area contributed by atoms with E-state index >= 15 is 0 Å². The zero-order valence-electron chi connectivity index (χ0n) is 14.7. The highest BCUT2D eigenvalue weighted by molar-refractivity contribution is 7.98. The Kier molecular flexibility index (Phi) is 4.66. The Labute approximate surface area is 174 Å². The van der Waals surface area contributed by atoms with E-state index in [0.717, 1.165) is 28.5 Å². The fourth-order valence-electron chi connectivity index (χ4n) is 3.38. The van der Waals surface area contributed by atoms with Crippen LogP contribution in [0.15, 0.2) is 53.1 Å². The Morgan fingerprint density at radius 1 is 1.18 bits per heavy atom. The molecular weight excluding hydrogens is 412 g/mol. The predicted molar refractivity (Wildman–Crippen MR) is 112 cm³/mol. The molecule has 3 aromatic heterocycles. The Bertz CT molecular complexity index is 1160. The lowest BCUT2D eigenvalue weighted by molar-refractivity contribution is 0.0963. The fourth-order valence-corrected chi connectivity index (χ4v) is 5.12. The van der Waals surface area contributed by atoms with Gasteiger partial charge in [-0.15, -0.1) is 16.4 Å². The van der Waals surface area contributed by atoms with E-state index in [-0.39, 0.29) is 11.7 Å². The van der Waals surface area contributed by atoms with Crippen molar-refractivity contribution in [2.75, 3.05) is 0 Å². The minimum Gasteiger partial charge on any atom is -0.294 e. The lowest BCUT2D eigenvalue weighted by Gasteiger charge is -2.21. The van der Waals surface area contributed by atoms with E-state index in [4.69, 9.17) is 11.6 Å². The van der Waals surface area contributed by atoms with Gasteiger partial charge in [-0.2, -0.15) is 4.98 Å². The summed E-state index contributed by atoms with van der Waals surface area (Å²) in [4.78, 5) is 23.1. The molecule has 3 heterocycles. The van der Waals surface area contributed by atoms with Gasteiger partial charge >= 0.3 is 0 Å². The molecule has 28 heavy (non-hydrogen) atoms. The number of Topliss-reactive ketones (excluding diaryl/α,β-unsaturated/α-hetero) is 1. The van der Waals surface area contributed by atoms with E-state index in [9.17, 15) is 4.79 Å². The first-order chi connectivity index (χ1) is 13.7. The van der Waals surface area contributed by atoms with Gasteiger partial charge in [0.15, 0.2) is 5.78 Å². The minimum absolute atomic E-state index is 0.125. The van der Waals surface area contributed by atoms with Gasteiger partial charge in [0.05, 0.1) is 11.3 Å². The van der Waals surface area contributed by atoms with Crippen LogP contribution in [-0.2, 0) is 12.2 Å². The van der Waals surface area contributed by atoms with E-state index in [1.807, 2.05) is 30.3 Å². The van der Waals surface area contributed by atoms with E-state index in [1.165, 1.54) is 16.6 Å². The molecule has 0 bridgehead atoms. The summed E-state index contributed by atoms with van der Waals surface area (Å²) in [6.07, 6.45) is 3.07. The summed E-state index contributed by atoms with van der Waals surface area (Å²) in [5, 5.41) is 7.90. The molecule has 1 atom stereocenters. The summed E-state index contributed by atoms with van der Waals surface area (Å²) in [6.45, 7) is 0. The van der Waals surface area contributed by atoms with Crippen LogP contribution in [0.2, 0.25) is 5.02 Å². The van der Waals surface area contributed by atoms with Crippen molar-refractivity contribution in [1.82, 2.24) is 19.6 Å². The highest BCUT2D eigenvalue weighted by Crippen LogP contribution is 2.34. The summed E-state index contributed by atoms with van der Waals surface area (Å²) in [7, 11) is 0. The maximum atomic E-state index is 12.7. The average molecular weight is 427 g/mol. The third-order valence-electron chi connectivity index (χ3n) is 4.79. The van der Waals surface area contributed by atoms with Crippen LogP contribution in [0.3, 0.4) is 0 Å². The lowest BCUT2D eigenvalue weighted by atomic mass is 9.86. The topological polar surface area (TPSA) is 60.2 Å². The molecule has 0 saturated heterocycles. The van der Waals surface area contributed by atoms with Crippen LogP contribution in [-0.4, -0.2) is 25.4 Å². The molecule has 0 unspecified atom stereocenters. The van der Waals surface area contributed by atoms with Crippen LogP contribution in [0.1, 0.15) is 38.8 Å². The molecular formula is C20H15ClN4OS2. The van der Waals surface area contributed by atoms with Crippen molar-refractivity contribution in [3.05, 3.63) is 74.7 Å². The molecule has 0 saturated carbocycles. The van der Waals surface area contributed by atoms with E-state index in [1.54, 1.807) is 22.0 Å². The van der Waals surface area contributed by atoms with Gasteiger partial charge in [0.1, 0.15) is 0 Å². The molecule has 0 aliphatic heterocycles. The number of thioether (sulfide) groups is 1. The van der Waals surface area contributed by atoms with Crippen LogP contribution < -0.4 is 0 Å². The van der Waals surface area contributed by atoms with Gasteiger partial charge < -0.3 is 0 Å². The summed E-state index contributed by atoms with van der Waals surface area (Å²) in [5.41, 5.74) is 2.64. The number of benzene rings is 1. The summed E-state index contributed by atoms with van der Waals surface area (Å²) in [5.74, 6) is 1.61. The van der Waals surface area contributed by atoms with Crippen LogP contribution in [0.5, 0.6) is 0 Å². The van der Waals surface area contributed by atoms with Crippen molar-refractivity contribution < 1.29 is 4.79 Å². The molecule has 5 rings (SSSR count). The van der Waals surface area contributed by atoms with Crippen molar-refractivity contribution >= 4 is 46.3 Å². The number of nitrogens with zero attached hydrogens (tertiary/aromatic N) is 4. The van der Waals surface area contributed by atoms with Gasteiger partial charge in [-0.25, -0.2) is 9.50 Å². The number of ketones is 1. The van der Waals surface area contributed by atoms with Crippen molar-refractivity contribution in [3.8, 4) is 0 Å². The molecule has 8 heteroatoms. The largest absolute Gasteiger partial charge is 0.294 e. The summed E-state index contributed by atoms with van der Waals surface area (Å²) in [6, 6.07) is 11.9. The van der Waals surface area contributed by atoms with Gasteiger partial charge in [-0.1, -0.05) is 41.6 Å². The van der Waals surface area contributed by atoms with E-state index in [0.29, 0.717) is 22.9 Å². The Morgan fingerprint density at radius 2 is 2.04 bits per heavy atom. The Morgan fingerprint density at radius 3 is 2.82 bits per heavy atom. The fraction of sp³-hybridized carbons (Fsp3) is 0.200. The standard InChI is InChI=1S/C20H15ClN4OS2/c21-14-5-3-12(4-6-14)11-28-20-23-19-22-16-8-13(18-2-1-7-27-18)9-17(26)15(16)10-25(19)24-20/h1-7,10,13H,8-9,11H2/t13-/m1/s1. The number of rotatable bonds is 4. The van der Waals surface area contributed by atoms with Crippen molar-refractivity contribution in [2.24, 2.45) is 0 Å². The number of halogens is 1. The Balaban J connectivity index is 1.40. The second-order valence-corrected chi connectivity index (χ2v) is 9.06. The van der Waals surface area contributed by atoms with Crippen LogP contribution in [0, 0.1) is 0 Å². The lowest BCUT2D eigenvalue weighted by Crippen LogP contribution is -2.20. The maximum absolute atomic E-state index is 12.7. The Hall–Kier alpha value is -2.22. The van der Waals surface area contributed by atoms with Crippen LogP contribution in [0.25, 0.3) is 5.78 Å². The highest BCUT2D eigenvalue weighted by atomic mass is 35.5. The number of carbonyl (C=O) groups is 1. The maximum Gasteiger partial charge on any atom is 0.253 e. The van der Waals surface area contributed by atoms with Crippen LogP contribution in [0.4, 0.5) is 0 Å². The molecule has 0 amide bonds. The third-order valence-corrected chi connectivity index (χ3v) is 6.99. The zero-order chi connectivity index (χ0) is 19.1. The number of hydrogen-bond donors (Lipinski definition) is 0. The average Bonchev–Trinajstić information content (AvgIpc) is 3.35. The van der Waals surface area contributed by atoms with Gasteiger partial charge in [0, 0.05) is 34.2 Å². The second-order valence-electron chi connectivity index (χ2n) is 6.70. The van der Waals surface area contributed by atoms with E-state index in [2.05, 4.69) is 26.5 Å². The first-order valence-corrected chi connectivity index (χ1v) is 11.1. The molecule has 0 radical (unpaired) electrons. The van der Waals surface area contributed by atoms with E-state index < -0.39 is 0 Å². The molecule has 4 aromatic rings. The molecule has 140 valence electrons. The smallest absolute Gasteiger partial charge is 0.253 e. The number of hydrogen-bond acceptors (Lipinski definition) is 6. The number of fused-ring (bicyclic) bond motifs is 2. The van der Waals surface area contributed by atoms with Crippen molar-refractivity contribution in [3.63, 3.8) is 0 Å². The number of carbonyl (C=O) groups excluding carboxylic acids is 1. The van der Waals surface area contributed by atoms with Gasteiger partial charge in [-0.05, 0) is 35.6 Å². The third kappa shape index (κ3) is 3.45. The highest BCUT2D eigenvalue weighted by Gasteiger charge is 2.29. The first-order valence-electron chi connectivity index (χ1n) is 8.86. The normalized spacial score (nSPS) is 16.5. The van der Waals surface area contributed by atoms with Crippen molar-refractivity contribution in [2.45, 2.75) is 29.7 Å². The molecule has 0 fully saturated rings. The monoisotopic (exact) mass is 426 g/mol. The molecule has 1 aliphatic carbocycles. The second kappa shape index (κ2) is 7.31. The quantitative estimate of drug-likeness (QED) is 0.427.